The summed E-state index contributed by atoms with van der Waals surface area (Å²) in [7, 11) is 1.50. The van der Waals surface area contributed by atoms with Gasteiger partial charge >= 0.3 is 6.03 Å². The van der Waals surface area contributed by atoms with Crippen molar-refractivity contribution in [3.8, 4) is 5.75 Å². The summed E-state index contributed by atoms with van der Waals surface area (Å²) in [4.78, 5) is 49.2. The van der Waals surface area contributed by atoms with Crippen LogP contribution in [0, 0.1) is 5.82 Å². The lowest BCUT2D eigenvalue weighted by atomic mass is 9.92. The first-order chi connectivity index (χ1) is 14.3. The Balaban J connectivity index is 1.64. The van der Waals surface area contributed by atoms with Crippen LogP contribution in [0.1, 0.15) is 22.8 Å². The fraction of sp³-hybridized carbons (Fsp3) is 0.200. The Morgan fingerprint density at radius 1 is 1.13 bits per heavy atom. The summed E-state index contributed by atoms with van der Waals surface area (Å²) in [6.07, 6.45) is 0. The van der Waals surface area contributed by atoms with Crippen molar-refractivity contribution in [3.05, 3.63) is 65.5 Å². The molecule has 30 heavy (non-hydrogen) atoms. The molecule has 0 spiro atoms. The Hall–Kier alpha value is -3.95. The van der Waals surface area contributed by atoms with Crippen molar-refractivity contribution in [2.75, 3.05) is 13.7 Å². The van der Waals surface area contributed by atoms with Crippen LogP contribution in [0.5, 0.6) is 5.75 Å². The number of rotatable bonds is 6. The van der Waals surface area contributed by atoms with Crippen LogP contribution in [0.15, 0.2) is 48.5 Å². The van der Waals surface area contributed by atoms with Gasteiger partial charge in [-0.2, -0.15) is 5.01 Å². The maximum absolute atomic E-state index is 13.6. The first-order valence-corrected chi connectivity index (χ1v) is 8.89. The van der Waals surface area contributed by atoms with Gasteiger partial charge in [0.25, 0.3) is 17.7 Å². The lowest BCUT2D eigenvalue weighted by Gasteiger charge is -2.22. The number of hydrazine groups is 1. The van der Waals surface area contributed by atoms with Crippen LogP contribution in [0.25, 0.3) is 0 Å². The van der Waals surface area contributed by atoms with E-state index in [0.29, 0.717) is 16.3 Å². The molecule has 3 N–H and O–H groups in total. The Labute approximate surface area is 171 Å². The second-order valence-corrected chi connectivity index (χ2v) is 6.62. The van der Waals surface area contributed by atoms with E-state index >= 15 is 0 Å². The van der Waals surface area contributed by atoms with Crippen LogP contribution < -0.4 is 20.8 Å². The Kier molecular flexibility index (Phi) is 5.67. The number of benzene rings is 2. The van der Waals surface area contributed by atoms with Gasteiger partial charge < -0.3 is 15.4 Å². The quantitative estimate of drug-likeness (QED) is 0.611. The van der Waals surface area contributed by atoms with Gasteiger partial charge in [-0.05, 0) is 36.8 Å². The first kappa shape index (κ1) is 20.8. The van der Waals surface area contributed by atoms with E-state index in [4.69, 9.17) is 4.74 Å². The summed E-state index contributed by atoms with van der Waals surface area (Å²) in [5.41, 5.74) is 1.01. The van der Waals surface area contributed by atoms with Crippen LogP contribution in [0.3, 0.4) is 0 Å². The molecule has 0 radical (unpaired) electrons. The molecule has 3 rings (SSSR count). The summed E-state index contributed by atoms with van der Waals surface area (Å²) in [6.45, 7) is 0.935. The van der Waals surface area contributed by atoms with E-state index < -0.39 is 41.7 Å². The van der Waals surface area contributed by atoms with Crippen LogP contribution in [0.4, 0.5) is 9.18 Å². The molecular formula is C20H19FN4O5. The van der Waals surface area contributed by atoms with Gasteiger partial charge in [0.15, 0.2) is 0 Å². The number of imide groups is 1. The van der Waals surface area contributed by atoms with Crippen molar-refractivity contribution in [1.82, 2.24) is 21.1 Å². The van der Waals surface area contributed by atoms with Crippen molar-refractivity contribution >= 4 is 23.8 Å². The third-order valence-electron chi connectivity index (χ3n) is 4.62. The first-order valence-electron chi connectivity index (χ1n) is 8.89. The molecule has 1 fully saturated rings. The van der Waals surface area contributed by atoms with Gasteiger partial charge in [-0.3, -0.25) is 19.8 Å². The molecule has 2 aromatic carbocycles. The van der Waals surface area contributed by atoms with Gasteiger partial charge in [0, 0.05) is 0 Å². The molecule has 0 aliphatic carbocycles. The number of amides is 5. The second-order valence-electron chi connectivity index (χ2n) is 6.62. The molecule has 1 aliphatic heterocycles. The average Bonchev–Trinajstić information content (AvgIpc) is 2.96. The summed E-state index contributed by atoms with van der Waals surface area (Å²) in [6, 6.07) is 11.0. The minimum absolute atomic E-state index is 0.229. The number of carbonyl (C=O) groups excluding carboxylic acids is 4. The number of carbonyl (C=O) groups is 4. The Morgan fingerprint density at radius 3 is 2.43 bits per heavy atom. The zero-order valence-corrected chi connectivity index (χ0v) is 16.2. The highest BCUT2D eigenvalue weighted by molar-refractivity contribution is 6.08. The molecular weight excluding hydrogens is 395 g/mol. The molecule has 156 valence electrons. The predicted octanol–water partition coefficient (Wildman–Crippen LogP) is 1.06. The topological polar surface area (TPSA) is 117 Å². The maximum atomic E-state index is 13.6. The van der Waals surface area contributed by atoms with E-state index in [9.17, 15) is 23.6 Å². The van der Waals surface area contributed by atoms with Crippen molar-refractivity contribution in [2.24, 2.45) is 0 Å². The molecule has 0 unspecified atom stereocenters. The number of ether oxygens (including phenoxy) is 1. The zero-order valence-electron chi connectivity index (χ0n) is 16.2. The molecule has 1 saturated heterocycles. The smallest absolute Gasteiger partial charge is 0.344 e. The summed E-state index contributed by atoms with van der Waals surface area (Å²) in [5, 5.41) is 5.31. The largest absolute Gasteiger partial charge is 0.497 e. The fourth-order valence-corrected chi connectivity index (χ4v) is 2.93. The van der Waals surface area contributed by atoms with Gasteiger partial charge in [-0.25, -0.2) is 9.18 Å². The summed E-state index contributed by atoms with van der Waals surface area (Å²) >= 11 is 0. The molecule has 10 heteroatoms. The summed E-state index contributed by atoms with van der Waals surface area (Å²) in [5.74, 6) is -2.49. The van der Waals surface area contributed by atoms with Gasteiger partial charge in [0.2, 0.25) is 0 Å². The van der Waals surface area contributed by atoms with Crippen LogP contribution in [0.2, 0.25) is 0 Å². The highest BCUT2D eigenvalue weighted by atomic mass is 19.1. The number of nitrogens with zero attached hydrogens (tertiary/aromatic N) is 1. The minimum Gasteiger partial charge on any atom is -0.497 e. The third kappa shape index (κ3) is 3.93. The van der Waals surface area contributed by atoms with Crippen LogP contribution in [-0.2, 0) is 15.1 Å². The molecule has 9 nitrogen and oxygen atoms in total. The molecule has 2 aromatic rings. The van der Waals surface area contributed by atoms with Crippen molar-refractivity contribution in [3.63, 3.8) is 0 Å². The van der Waals surface area contributed by atoms with Crippen LogP contribution >= 0.6 is 0 Å². The maximum Gasteiger partial charge on any atom is 0.344 e. The predicted molar refractivity (Wildman–Crippen MR) is 103 cm³/mol. The number of methoxy groups -OCH3 is 1. The molecule has 1 aliphatic rings. The van der Waals surface area contributed by atoms with Crippen molar-refractivity contribution < 1.29 is 28.3 Å². The van der Waals surface area contributed by atoms with E-state index in [2.05, 4.69) is 16.1 Å². The standard InChI is InChI=1S/C20H19FN4O5/c1-20(12-7-9-13(30-2)10-8-12)18(28)25(19(29)23-20)24-16(26)11-22-17(27)14-5-3-4-6-15(14)21/h3-10H,11H2,1-2H3,(H,22,27)(H,23,29)(H,24,26)/t20-/m0/s1. The molecule has 5 amide bonds. The van der Waals surface area contributed by atoms with E-state index in [-0.39, 0.29) is 5.56 Å². The lowest BCUT2D eigenvalue weighted by Crippen LogP contribution is -2.50. The van der Waals surface area contributed by atoms with Crippen molar-refractivity contribution in [1.29, 1.82) is 0 Å². The van der Waals surface area contributed by atoms with Gasteiger partial charge in [0.05, 0.1) is 19.2 Å². The van der Waals surface area contributed by atoms with Gasteiger partial charge in [0.1, 0.15) is 17.1 Å². The van der Waals surface area contributed by atoms with Gasteiger partial charge in [-0.1, -0.05) is 24.3 Å². The summed E-state index contributed by atoms with van der Waals surface area (Å²) < 4.78 is 18.7. The van der Waals surface area contributed by atoms with E-state index in [1.165, 1.54) is 32.2 Å². The Morgan fingerprint density at radius 2 is 1.80 bits per heavy atom. The average molecular weight is 414 g/mol. The van der Waals surface area contributed by atoms with Crippen LogP contribution in [-0.4, -0.2) is 42.4 Å². The number of hydrogen-bond donors (Lipinski definition) is 3. The number of hydrogen-bond acceptors (Lipinski definition) is 5. The third-order valence-corrected chi connectivity index (χ3v) is 4.62. The lowest BCUT2D eigenvalue weighted by molar-refractivity contribution is -0.138. The van der Waals surface area contributed by atoms with E-state index in [0.717, 1.165) is 6.07 Å². The zero-order chi connectivity index (χ0) is 21.9. The number of urea groups is 1. The highest BCUT2D eigenvalue weighted by Crippen LogP contribution is 2.29. The number of nitrogens with one attached hydrogen (secondary N) is 3. The molecule has 0 saturated carbocycles. The normalized spacial score (nSPS) is 18.0. The fourth-order valence-electron chi connectivity index (χ4n) is 2.93. The molecule has 1 atom stereocenters. The number of halogens is 1. The minimum atomic E-state index is -1.40. The van der Waals surface area contributed by atoms with Crippen molar-refractivity contribution in [2.45, 2.75) is 12.5 Å². The SMILES string of the molecule is COc1ccc([C@]2(C)NC(=O)N(NC(=O)CNC(=O)c3ccccc3F)C2=O)cc1. The highest BCUT2D eigenvalue weighted by Gasteiger charge is 2.50. The Bertz CT molecular complexity index is 1010. The van der Waals surface area contributed by atoms with Gasteiger partial charge in [-0.15, -0.1) is 0 Å². The molecule has 0 aromatic heterocycles. The monoisotopic (exact) mass is 414 g/mol. The van der Waals surface area contributed by atoms with E-state index in [1.54, 1.807) is 24.3 Å². The van der Waals surface area contributed by atoms with E-state index in [1.807, 2.05) is 0 Å². The second kappa shape index (κ2) is 8.19. The molecule has 0 bridgehead atoms. The molecule has 1 heterocycles.